The van der Waals surface area contributed by atoms with Gasteiger partial charge in [-0.3, -0.25) is 14.8 Å². The predicted octanol–water partition coefficient (Wildman–Crippen LogP) is 3.85. The maximum absolute atomic E-state index is 12.3. The molecule has 7 heteroatoms. The van der Waals surface area contributed by atoms with Crippen molar-refractivity contribution in [1.29, 1.82) is 0 Å². The van der Waals surface area contributed by atoms with Crippen LogP contribution >= 0.6 is 0 Å². The molecule has 4 aromatic rings. The van der Waals surface area contributed by atoms with E-state index in [-0.39, 0.29) is 24.4 Å². The van der Waals surface area contributed by atoms with Gasteiger partial charge >= 0.3 is 6.01 Å². The van der Waals surface area contributed by atoms with E-state index in [0.29, 0.717) is 11.6 Å². The van der Waals surface area contributed by atoms with Crippen LogP contribution in [0, 0.1) is 0 Å². The van der Waals surface area contributed by atoms with Crippen molar-refractivity contribution in [2.75, 3.05) is 5.32 Å². The maximum Gasteiger partial charge on any atom is 0.322 e. The molecular formula is C20H19N5O2. The first-order valence-electron chi connectivity index (χ1n) is 8.75. The Kier molecular flexibility index (Phi) is 4.42. The molecule has 136 valence electrons. The van der Waals surface area contributed by atoms with Crippen molar-refractivity contribution in [3.8, 4) is 11.6 Å². The Morgan fingerprint density at radius 1 is 1.11 bits per heavy atom. The summed E-state index contributed by atoms with van der Waals surface area (Å²) in [4.78, 5) is 12.3. The average molecular weight is 361 g/mol. The Morgan fingerprint density at radius 2 is 1.93 bits per heavy atom. The summed E-state index contributed by atoms with van der Waals surface area (Å²) in [6.45, 7) is 4.03. The van der Waals surface area contributed by atoms with Crippen LogP contribution < -0.4 is 5.32 Å². The number of anilines is 1. The number of fused-ring (bicyclic) bond motifs is 1. The third kappa shape index (κ3) is 3.57. The molecule has 0 fully saturated rings. The number of carbonyl (C=O) groups is 1. The topological polar surface area (TPSA) is 85.8 Å². The van der Waals surface area contributed by atoms with Gasteiger partial charge in [-0.05, 0) is 36.2 Å². The van der Waals surface area contributed by atoms with Crippen LogP contribution in [0.4, 0.5) is 6.01 Å². The highest BCUT2D eigenvalue weighted by molar-refractivity contribution is 5.91. The van der Waals surface area contributed by atoms with Gasteiger partial charge in [0.1, 0.15) is 5.69 Å². The van der Waals surface area contributed by atoms with Gasteiger partial charge in [-0.15, -0.1) is 5.10 Å². The molecule has 2 aromatic heterocycles. The van der Waals surface area contributed by atoms with Gasteiger partial charge in [0.15, 0.2) is 0 Å². The molecule has 1 amide bonds. The molecule has 27 heavy (non-hydrogen) atoms. The molecule has 2 heterocycles. The first-order valence-corrected chi connectivity index (χ1v) is 8.75. The lowest BCUT2D eigenvalue weighted by molar-refractivity contribution is -0.115. The highest BCUT2D eigenvalue weighted by atomic mass is 16.4. The van der Waals surface area contributed by atoms with Crippen LogP contribution in [0.1, 0.15) is 25.5 Å². The van der Waals surface area contributed by atoms with Gasteiger partial charge in [-0.25, -0.2) is 0 Å². The fraction of sp³-hybridized carbons (Fsp3) is 0.200. The minimum Gasteiger partial charge on any atom is -0.401 e. The van der Waals surface area contributed by atoms with Gasteiger partial charge in [-0.2, -0.15) is 5.10 Å². The van der Waals surface area contributed by atoms with E-state index < -0.39 is 0 Å². The van der Waals surface area contributed by atoms with E-state index in [1.165, 1.54) is 0 Å². The SMILES string of the molecule is CC(C)n1nccc1-c1nnc(NC(=O)Cc2ccc3ccccc3c2)o1. The van der Waals surface area contributed by atoms with Crippen molar-refractivity contribution in [1.82, 2.24) is 20.0 Å². The summed E-state index contributed by atoms with van der Waals surface area (Å²) in [6, 6.07) is 16.0. The number of amides is 1. The van der Waals surface area contributed by atoms with E-state index in [9.17, 15) is 4.79 Å². The Labute approximate surface area is 156 Å². The molecule has 0 aliphatic carbocycles. The largest absolute Gasteiger partial charge is 0.401 e. The summed E-state index contributed by atoms with van der Waals surface area (Å²) in [5, 5.41) is 17.1. The number of hydrogen-bond acceptors (Lipinski definition) is 5. The van der Waals surface area contributed by atoms with E-state index in [4.69, 9.17) is 4.42 Å². The number of rotatable bonds is 5. The van der Waals surface area contributed by atoms with Gasteiger partial charge in [0.2, 0.25) is 5.91 Å². The number of nitrogens with one attached hydrogen (secondary N) is 1. The van der Waals surface area contributed by atoms with Crippen molar-refractivity contribution < 1.29 is 9.21 Å². The molecule has 4 rings (SSSR count). The van der Waals surface area contributed by atoms with E-state index in [1.54, 1.807) is 16.9 Å². The van der Waals surface area contributed by atoms with Gasteiger partial charge in [-0.1, -0.05) is 47.6 Å². The Morgan fingerprint density at radius 3 is 2.74 bits per heavy atom. The number of hydrogen-bond donors (Lipinski definition) is 1. The molecule has 0 radical (unpaired) electrons. The van der Waals surface area contributed by atoms with Gasteiger partial charge < -0.3 is 4.42 Å². The normalized spacial score (nSPS) is 11.2. The highest BCUT2D eigenvalue weighted by Gasteiger charge is 2.16. The molecule has 2 aromatic carbocycles. The fourth-order valence-corrected chi connectivity index (χ4v) is 2.97. The van der Waals surface area contributed by atoms with E-state index in [2.05, 4.69) is 20.6 Å². The summed E-state index contributed by atoms with van der Waals surface area (Å²) in [7, 11) is 0. The minimum atomic E-state index is -0.210. The van der Waals surface area contributed by atoms with Crippen LogP contribution in [-0.2, 0) is 11.2 Å². The quantitative estimate of drug-likeness (QED) is 0.583. The van der Waals surface area contributed by atoms with Crippen LogP contribution in [0.5, 0.6) is 0 Å². The van der Waals surface area contributed by atoms with E-state index in [1.807, 2.05) is 56.3 Å². The summed E-state index contributed by atoms with van der Waals surface area (Å²) in [5.41, 5.74) is 1.64. The summed E-state index contributed by atoms with van der Waals surface area (Å²) >= 11 is 0. The molecule has 0 aliphatic heterocycles. The predicted molar refractivity (Wildman–Crippen MR) is 102 cm³/mol. The fourth-order valence-electron chi connectivity index (χ4n) is 2.97. The minimum absolute atomic E-state index is 0.0762. The third-order valence-electron chi connectivity index (χ3n) is 4.23. The zero-order valence-corrected chi connectivity index (χ0v) is 15.1. The van der Waals surface area contributed by atoms with Crippen molar-refractivity contribution in [3.05, 3.63) is 60.3 Å². The van der Waals surface area contributed by atoms with Gasteiger partial charge in [0, 0.05) is 12.2 Å². The third-order valence-corrected chi connectivity index (χ3v) is 4.23. The zero-order chi connectivity index (χ0) is 18.8. The second-order valence-corrected chi connectivity index (χ2v) is 6.57. The lowest BCUT2D eigenvalue weighted by atomic mass is 10.1. The van der Waals surface area contributed by atoms with Crippen LogP contribution in [0.25, 0.3) is 22.4 Å². The van der Waals surface area contributed by atoms with Crippen LogP contribution in [0.2, 0.25) is 0 Å². The molecule has 7 nitrogen and oxygen atoms in total. The van der Waals surface area contributed by atoms with Crippen LogP contribution in [0.3, 0.4) is 0 Å². The van der Waals surface area contributed by atoms with Crippen LogP contribution in [0.15, 0.2) is 59.1 Å². The second-order valence-electron chi connectivity index (χ2n) is 6.57. The van der Waals surface area contributed by atoms with Crippen molar-refractivity contribution in [2.45, 2.75) is 26.3 Å². The van der Waals surface area contributed by atoms with Crippen molar-refractivity contribution in [3.63, 3.8) is 0 Å². The van der Waals surface area contributed by atoms with E-state index >= 15 is 0 Å². The number of carbonyl (C=O) groups excluding carboxylic acids is 1. The van der Waals surface area contributed by atoms with Gasteiger partial charge in [0.25, 0.3) is 5.89 Å². The molecule has 0 unspecified atom stereocenters. The molecule has 0 bridgehead atoms. The number of aromatic nitrogens is 4. The first kappa shape index (κ1) is 17.0. The lowest BCUT2D eigenvalue weighted by Crippen LogP contribution is -2.14. The maximum atomic E-state index is 12.3. The molecular weight excluding hydrogens is 342 g/mol. The Bertz CT molecular complexity index is 1100. The van der Waals surface area contributed by atoms with Crippen LogP contribution in [-0.4, -0.2) is 25.9 Å². The summed E-state index contributed by atoms with van der Waals surface area (Å²) in [5.74, 6) is 0.111. The van der Waals surface area contributed by atoms with E-state index in [0.717, 1.165) is 16.3 Å². The van der Waals surface area contributed by atoms with Crippen molar-refractivity contribution in [2.24, 2.45) is 0 Å². The standard InChI is InChI=1S/C20H19N5O2/c1-13(2)25-17(9-10-21-25)19-23-24-20(27-19)22-18(26)12-14-7-8-15-5-3-4-6-16(15)11-14/h3-11,13H,12H2,1-2H3,(H,22,24,26). The molecule has 0 aliphatic rings. The highest BCUT2D eigenvalue weighted by Crippen LogP contribution is 2.22. The lowest BCUT2D eigenvalue weighted by Gasteiger charge is -2.07. The molecule has 0 spiro atoms. The second kappa shape index (κ2) is 7.03. The molecule has 0 saturated carbocycles. The number of nitrogens with zero attached hydrogens (tertiary/aromatic N) is 4. The summed E-state index contributed by atoms with van der Waals surface area (Å²) < 4.78 is 7.37. The van der Waals surface area contributed by atoms with Crippen molar-refractivity contribution >= 4 is 22.7 Å². The molecule has 0 saturated heterocycles. The first-order chi connectivity index (χ1) is 13.1. The monoisotopic (exact) mass is 361 g/mol. The average Bonchev–Trinajstić information content (AvgIpc) is 3.30. The molecule has 1 N–H and O–H groups in total. The Balaban J connectivity index is 1.46. The summed E-state index contributed by atoms with van der Waals surface area (Å²) in [6.07, 6.45) is 1.91. The smallest absolute Gasteiger partial charge is 0.322 e. The molecule has 0 atom stereocenters. The number of benzene rings is 2. The van der Waals surface area contributed by atoms with Gasteiger partial charge in [0.05, 0.1) is 6.42 Å². The Hall–Kier alpha value is -3.48. The zero-order valence-electron chi connectivity index (χ0n) is 15.1.